The van der Waals surface area contributed by atoms with E-state index >= 15 is 0 Å². The van der Waals surface area contributed by atoms with E-state index in [1.807, 2.05) is 20.8 Å². The minimum Gasteiger partial charge on any atom is -0.394 e. The highest BCUT2D eigenvalue weighted by molar-refractivity contribution is 5.30. The minimum absolute atomic E-state index is 0.000874. The van der Waals surface area contributed by atoms with Crippen molar-refractivity contribution < 1.29 is 102 Å². The summed E-state index contributed by atoms with van der Waals surface area (Å²) in [5, 5.41) is 76.8. The molecular weight excluding hydrogens is 913 g/mol. The molecule has 21 heteroatoms. The Bertz CT molecular complexity index is 1860. The highest BCUT2D eigenvalue weighted by atomic mass is 16.8. The summed E-state index contributed by atoms with van der Waals surface area (Å²) in [7, 11) is 4.73. The Balaban J connectivity index is 0.732. The number of aliphatic hydroxyl groups is 7. The summed E-state index contributed by atoms with van der Waals surface area (Å²) in [5.74, 6) is -5.05. The van der Waals surface area contributed by atoms with Gasteiger partial charge in [0.05, 0.1) is 73.4 Å². The molecule has 0 bridgehead atoms. The second-order valence-electron chi connectivity index (χ2n) is 22.0. The molecule has 0 radical (unpaired) electrons. The van der Waals surface area contributed by atoms with Crippen molar-refractivity contribution in [2.75, 3.05) is 41.2 Å². The van der Waals surface area contributed by atoms with Crippen molar-refractivity contribution in [3.05, 3.63) is 11.6 Å². The van der Waals surface area contributed by atoms with Crippen LogP contribution in [0.15, 0.2) is 11.6 Å². The molecule has 0 aromatic heterocycles. The summed E-state index contributed by atoms with van der Waals surface area (Å²) < 4.78 is 86.7. The van der Waals surface area contributed by atoms with E-state index in [0.717, 1.165) is 6.42 Å². The van der Waals surface area contributed by atoms with Gasteiger partial charge in [-0.15, -0.1) is 0 Å². The number of ether oxygens (including phenoxy) is 14. The predicted molar refractivity (Wildman–Crippen MR) is 232 cm³/mol. The third-order valence-corrected chi connectivity index (χ3v) is 18.2. The molecular formula is C48H76O21. The van der Waals surface area contributed by atoms with Gasteiger partial charge in [-0.05, 0) is 71.1 Å². The maximum absolute atomic E-state index is 12.6. The zero-order valence-electron chi connectivity index (χ0n) is 40.9. The molecule has 27 atom stereocenters. The molecule has 1 spiro atoms. The van der Waals surface area contributed by atoms with Gasteiger partial charge in [-0.3, -0.25) is 0 Å². The quantitative estimate of drug-likeness (QED) is 0.128. The van der Waals surface area contributed by atoms with Crippen molar-refractivity contribution in [2.24, 2.45) is 28.6 Å². The third kappa shape index (κ3) is 8.33. The summed E-state index contributed by atoms with van der Waals surface area (Å²) in [4.78, 5) is 0. The fourth-order valence-electron chi connectivity index (χ4n) is 14.6. The predicted octanol–water partition coefficient (Wildman–Crippen LogP) is 0.0807. The molecule has 7 aliphatic heterocycles. The van der Waals surface area contributed by atoms with Gasteiger partial charge in [-0.1, -0.05) is 18.6 Å². The highest BCUT2D eigenvalue weighted by Gasteiger charge is 2.85. The molecule has 9 fully saturated rings. The Kier molecular flexibility index (Phi) is 14.1. The molecule has 7 N–H and O–H groups in total. The molecule has 69 heavy (non-hydrogen) atoms. The summed E-state index contributed by atoms with van der Waals surface area (Å²) >= 11 is 0. The Labute approximate surface area is 402 Å². The summed E-state index contributed by atoms with van der Waals surface area (Å²) in [6, 6.07) is 0. The van der Waals surface area contributed by atoms with E-state index in [-0.39, 0.29) is 31.5 Å². The molecule has 0 unspecified atom stereocenters. The SMILES string of the molecule is CO[C@H]1C[C@H](O[C@@H]2CC3=CC[C@@H]4[C@H](CC[C@@]56CO[C@@]7(C)OC[C@@](O)(O[C@]45O)[C@H]76)[C@@]3(C)C[C@H]2O)O[C@H](C)[C@H]1O[C@H]1C[C@@H](OC)[C@H](O[C@H]2C[C@H](OC)[C@H](O[C@@H]3O[C@H](CO)[C@@H](O)[C@H](O)[C@H]3O)[C@@H](C)O2)[C@H](C)O1. The average molecular weight is 989 g/mol. The molecule has 2 saturated carbocycles. The van der Waals surface area contributed by atoms with Gasteiger partial charge >= 0.3 is 0 Å². The lowest BCUT2D eigenvalue weighted by Crippen LogP contribution is -2.63. The van der Waals surface area contributed by atoms with Gasteiger partial charge in [0, 0.05) is 46.5 Å². The van der Waals surface area contributed by atoms with Crippen LogP contribution in [-0.2, 0) is 66.3 Å². The zero-order chi connectivity index (χ0) is 49.2. The standard InChI is InChI=1S/C48H76O21/c1-21-39(66-34-15-30(57-7)40(22(2)62-34)67-35-16-31(58-8)41(23(3)63-35)68-42-38(53)37(52)36(51)32(18-49)65-42)29(56-6)14-33(61-21)64-28-13-24-9-10-26-25(44(24,4)17-27(28)50)11-12-46-19-59-45(5)43(46)47(54,20-60-45)69-48(26,46)55/h9,21-23,25-43,49-55H,10-20H2,1-8H3/t21-,22+,23-,25+,26-,27-,28-,29+,30-,31+,32-,33+,34+,35+,36-,37+,38-,39-,40-,41-,42+,43-,44+,45+,46+,47-,48-/m1/s1. The van der Waals surface area contributed by atoms with E-state index in [1.54, 1.807) is 21.1 Å². The van der Waals surface area contributed by atoms with Crippen molar-refractivity contribution in [3.8, 4) is 0 Å². The maximum Gasteiger partial charge on any atom is 0.201 e. The van der Waals surface area contributed by atoms with Crippen LogP contribution in [0.5, 0.6) is 0 Å². The first kappa shape index (κ1) is 51.4. The van der Waals surface area contributed by atoms with Crippen LogP contribution in [0.25, 0.3) is 0 Å². The topological polar surface area (TPSA) is 271 Å². The molecule has 394 valence electrons. The van der Waals surface area contributed by atoms with E-state index in [1.165, 1.54) is 12.7 Å². The van der Waals surface area contributed by atoms with Crippen molar-refractivity contribution in [1.29, 1.82) is 0 Å². The number of methoxy groups -OCH3 is 3. The van der Waals surface area contributed by atoms with Gasteiger partial charge < -0.3 is 102 Å². The molecule has 0 amide bonds. The van der Waals surface area contributed by atoms with Crippen LogP contribution < -0.4 is 0 Å². The van der Waals surface area contributed by atoms with Crippen molar-refractivity contribution in [1.82, 2.24) is 0 Å². The van der Waals surface area contributed by atoms with E-state index in [9.17, 15) is 35.7 Å². The average Bonchev–Trinajstić information content (AvgIpc) is 3.86. The Morgan fingerprint density at radius 1 is 0.667 bits per heavy atom. The number of allylic oxidation sites excluding steroid dienone is 1. The van der Waals surface area contributed by atoms with E-state index < -0.39 is 157 Å². The molecule has 3 aliphatic carbocycles. The molecule has 0 aromatic carbocycles. The third-order valence-electron chi connectivity index (χ3n) is 18.2. The Hall–Kier alpha value is -1.10. The van der Waals surface area contributed by atoms with Crippen LogP contribution in [0.3, 0.4) is 0 Å². The number of fused-ring (bicyclic) bond motifs is 4. The van der Waals surface area contributed by atoms with Gasteiger partial charge in [0.2, 0.25) is 5.79 Å². The normalized spacial score (nSPS) is 57.1. The molecule has 7 heterocycles. The maximum atomic E-state index is 12.6. The number of rotatable bonds is 12. The van der Waals surface area contributed by atoms with Gasteiger partial charge in [-0.2, -0.15) is 0 Å². The second kappa shape index (κ2) is 18.9. The molecule has 10 rings (SSSR count). The minimum atomic E-state index is -1.63. The number of hydrogen-bond donors (Lipinski definition) is 7. The van der Waals surface area contributed by atoms with Gasteiger partial charge in [-0.25, -0.2) is 0 Å². The van der Waals surface area contributed by atoms with Crippen molar-refractivity contribution in [3.63, 3.8) is 0 Å². The second-order valence-corrected chi connectivity index (χ2v) is 22.0. The molecule has 10 aliphatic rings. The van der Waals surface area contributed by atoms with E-state index in [0.29, 0.717) is 38.5 Å². The van der Waals surface area contributed by atoms with E-state index in [2.05, 4.69) is 13.0 Å². The molecule has 21 nitrogen and oxygen atoms in total. The van der Waals surface area contributed by atoms with Gasteiger partial charge in [0.15, 0.2) is 36.7 Å². The fraction of sp³-hybridized carbons (Fsp3) is 0.958. The lowest BCUT2D eigenvalue weighted by atomic mass is 9.47. The largest absolute Gasteiger partial charge is 0.394 e. The zero-order valence-corrected chi connectivity index (χ0v) is 40.9. The summed E-state index contributed by atoms with van der Waals surface area (Å²) in [6.45, 7) is 9.16. The lowest BCUT2D eigenvalue weighted by molar-refractivity contribution is -0.357. The smallest absolute Gasteiger partial charge is 0.201 e. The first-order chi connectivity index (χ1) is 32.7. The molecule has 0 aromatic rings. The Morgan fingerprint density at radius 2 is 1.22 bits per heavy atom. The van der Waals surface area contributed by atoms with Gasteiger partial charge in [0.1, 0.15) is 49.3 Å². The first-order valence-electron chi connectivity index (χ1n) is 25.0. The van der Waals surface area contributed by atoms with Crippen LogP contribution >= 0.6 is 0 Å². The lowest BCUT2D eigenvalue weighted by Gasteiger charge is -2.60. The van der Waals surface area contributed by atoms with Crippen LogP contribution in [0.4, 0.5) is 0 Å². The monoisotopic (exact) mass is 988 g/mol. The van der Waals surface area contributed by atoms with Crippen LogP contribution in [0.2, 0.25) is 0 Å². The Morgan fingerprint density at radius 3 is 1.78 bits per heavy atom. The van der Waals surface area contributed by atoms with Crippen LogP contribution in [0, 0.1) is 28.6 Å². The number of aliphatic hydroxyl groups excluding tert-OH is 5. The molecule has 7 saturated heterocycles. The van der Waals surface area contributed by atoms with Gasteiger partial charge in [0.25, 0.3) is 0 Å². The van der Waals surface area contributed by atoms with Crippen molar-refractivity contribution >= 4 is 0 Å². The van der Waals surface area contributed by atoms with Crippen LogP contribution in [-0.4, -0.2) is 211 Å². The summed E-state index contributed by atoms with van der Waals surface area (Å²) in [6.07, 6.45) is -9.64. The first-order valence-corrected chi connectivity index (χ1v) is 25.0. The fourth-order valence-corrected chi connectivity index (χ4v) is 14.6. The summed E-state index contributed by atoms with van der Waals surface area (Å²) in [5.41, 5.74) is -0.0304. The number of hydrogen-bond acceptors (Lipinski definition) is 21. The van der Waals surface area contributed by atoms with Crippen molar-refractivity contribution in [2.45, 2.75) is 220 Å². The highest BCUT2D eigenvalue weighted by Crippen LogP contribution is 2.74. The van der Waals surface area contributed by atoms with Crippen LogP contribution in [0.1, 0.15) is 86.0 Å². The van der Waals surface area contributed by atoms with E-state index in [4.69, 9.17) is 66.3 Å².